The van der Waals surface area contributed by atoms with Crippen molar-refractivity contribution in [2.45, 2.75) is 37.5 Å². The summed E-state index contributed by atoms with van der Waals surface area (Å²) in [4.78, 5) is 2.58. The number of anilines is 3. The molecule has 0 saturated heterocycles. The maximum absolute atomic E-state index is 2.65. The van der Waals surface area contributed by atoms with Crippen molar-refractivity contribution in [1.82, 2.24) is 4.57 Å². The highest BCUT2D eigenvalue weighted by Crippen LogP contribution is 2.69. The van der Waals surface area contributed by atoms with Gasteiger partial charge in [-0.3, -0.25) is 0 Å². The number of nitrogens with zero attached hydrogens (tertiary/aromatic N) is 2. The predicted molar refractivity (Wildman–Crippen MR) is 300 cm³/mol. The number of rotatable bonds is 8. The standard InChI is InChI=1S/C70H54N2/c1-3-18-48(19-4-1)55-22-7-8-23-57(55)58-24-9-10-25-59(58)62-27-12-15-32-67(62)71(54-38-39-61-60-26-11-14-31-65(60)70(66(61)45-54)50-41-46-40-47(43-50)44-51(70)42-46)53-36-34-49(35-37-53)56-29-17-30-64-63-28-13-16-33-68(63)72(69(56)64)52-20-5-2-6-21-52/h1-39,45-47,50-51H,40-44H2. The van der Waals surface area contributed by atoms with Crippen molar-refractivity contribution in [3.63, 3.8) is 0 Å². The van der Waals surface area contributed by atoms with Gasteiger partial charge in [0, 0.05) is 44.4 Å². The molecule has 2 nitrogen and oxygen atoms in total. The summed E-state index contributed by atoms with van der Waals surface area (Å²) in [5.41, 5.74) is 22.9. The van der Waals surface area contributed by atoms with Crippen LogP contribution in [0.1, 0.15) is 43.2 Å². The quantitative estimate of drug-likeness (QED) is 0.147. The van der Waals surface area contributed by atoms with Crippen LogP contribution in [0.5, 0.6) is 0 Å². The number of benzene rings is 10. The fourth-order valence-electron chi connectivity index (χ4n) is 15.0. The zero-order valence-corrected chi connectivity index (χ0v) is 40.3. The molecule has 0 unspecified atom stereocenters. The SMILES string of the molecule is c1ccc(-c2ccccc2-c2ccccc2-c2ccccc2N(c2ccc(-c3cccc4c5ccccc5n(-c5ccccc5)c34)cc2)c2ccc3c(c2)C2(c4ccccc4-3)C3CC4CC(C3)CC2C4)cc1. The summed E-state index contributed by atoms with van der Waals surface area (Å²) in [5, 5.41) is 2.52. The Kier molecular flexibility index (Phi) is 9.49. The van der Waals surface area contributed by atoms with Crippen LogP contribution in [0, 0.1) is 23.7 Å². The van der Waals surface area contributed by atoms with Gasteiger partial charge in [-0.2, -0.15) is 0 Å². The monoisotopic (exact) mass is 922 g/mol. The Hall–Kier alpha value is -8.20. The van der Waals surface area contributed by atoms with Gasteiger partial charge >= 0.3 is 0 Å². The molecule has 10 aromatic carbocycles. The van der Waals surface area contributed by atoms with E-state index in [0.717, 1.165) is 28.9 Å². The summed E-state index contributed by atoms with van der Waals surface area (Å²) in [5.74, 6) is 3.12. The third-order valence-electron chi connectivity index (χ3n) is 17.6. The van der Waals surface area contributed by atoms with Crippen molar-refractivity contribution >= 4 is 38.9 Å². The third kappa shape index (κ3) is 6.21. The van der Waals surface area contributed by atoms with Gasteiger partial charge in [0.05, 0.1) is 16.7 Å². The van der Waals surface area contributed by atoms with Gasteiger partial charge in [0.2, 0.25) is 0 Å². The Morgan fingerprint density at radius 1 is 0.347 bits per heavy atom. The molecular weight excluding hydrogens is 869 g/mol. The van der Waals surface area contributed by atoms with Crippen LogP contribution < -0.4 is 4.90 Å². The van der Waals surface area contributed by atoms with E-state index in [-0.39, 0.29) is 5.41 Å². The van der Waals surface area contributed by atoms with E-state index in [4.69, 9.17) is 0 Å². The zero-order chi connectivity index (χ0) is 47.3. The Labute approximate surface area is 422 Å². The normalized spacial score (nSPS) is 20.3. The molecule has 0 aliphatic heterocycles. The fraction of sp³-hybridized carbons (Fsp3) is 0.143. The topological polar surface area (TPSA) is 8.17 Å². The van der Waals surface area contributed by atoms with Crippen LogP contribution in [-0.4, -0.2) is 4.57 Å². The second-order valence-electron chi connectivity index (χ2n) is 21.2. The molecule has 5 aliphatic carbocycles. The van der Waals surface area contributed by atoms with Crippen molar-refractivity contribution in [2.75, 3.05) is 4.90 Å². The summed E-state index contributed by atoms with van der Waals surface area (Å²) in [6.07, 6.45) is 6.87. The first-order chi connectivity index (χ1) is 35.7. The van der Waals surface area contributed by atoms with Gasteiger partial charge in [0.25, 0.3) is 0 Å². The first-order valence-electron chi connectivity index (χ1n) is 26.3. The van der Waals surface area contributed by atoms with Crippen LogP contribution in [0.15, 0.2) is 243 Å². The van der Waals surface area contributed by atoms with Crippen LogP contribution in [0.25, 0.3) is 83.1 Å². The zero-order valence-electron chi connectivity index (χ0n) is 40.3. The maximum Gasteiger partial charge on any atom is 0.0619 e. The van der Waals surface area contributed by atoms with Gasteiger partial charge in [-0.25, -0.2) is 0 Å². The lowest BCUT2D eigenvalue weighted by atomic mass is 9.43. The van der Waals surface area contributed by atoms with Crippen LogP contribution in [0.4, 0.5) is 17.1 Å². The van der Waals surface area contributed by atoms with Crippen molar-refractivity contribution in [1.29, 1.82) is 0 Å². The lowest BCUT2D eigenvalue weighted by molar-refractivity contribution is -0.0399. The van der Waals surface area contributed by atoms with E-state index < -0.39 is 0 Å². The summed E-state index contributed by atoms with van der Waals surface area (Å²) in [6, 6.07) is 90.9. The molecule has 4 saturated carbocycles. The average molecular weight is 923 g/mol. The minimum atomic E-state index is 0.0496. The summed E-state index contributed by atoms with van der Waals surface area (Å²) >= 11 is 0. The molecule has 16 rings (SSSR count). The molecule has 4 bridgehead atoms. The molecule has 0 N–H and O–H groups in total. The van der Waals surface area contributed by atoms with Crippen LogP contribution in [0.3, 0.4) is 0 Å². The second kappa shape index (κ2) is 16.4. The van der Waals surface area contributed by atoms with Crippen LogP contribution in [0.2, 0.25) is 0 Å². The Bertz CT molecular complexity index is 3850. The first-order valence-corrected chi connectivity index (χ1v) is 26.3. The van der Waals surface area contributed by atoms with Gasteiger partial charge in [-0.15, -0.1) is 0 Å². The van der Waals surface area contributed by atoms with Crippen LogP contribution in [-0.2, 0) is 5.41 Å². The molecule has 5 aliphatic rings. The van der Waals surface area contributed by atoms with E-state index in [9.17, 15) is 0 Å². The third-order valence-corrected chi connectivity index (χ3v) is 17.6. The van der Waals surface area contributed by atoms with Gasteiger partial charge in [0.1, 0.15) is 0 Å². The number of para-hydroxylation sites is 4. The molecule has 0 amide bonds. The highest BCUT2D eigenvalue weighted by molar-refractivity contribution is 6.14. The van der Waals surface area contributed by atoms with Gasteiger partial charge in [-0.05, 0) is 160 Å². The minimum absolute atomic E-state index is 0.0496. The molecule has 1 heterocycles. The van der Waals surface area contributed by atoms with Crippen molar-refractivity contribution in [3.05, 3.63) is 254 Å². The first kappa shape index (κ1) is 41.6. The van der Waals surface area contributed by atoms with E-state index in [1.54, 1.807) is 11.1 Å². The van der Waals surface area contributed by atoms with Gasteiger partial charge in [-0.1, -0.05) is 194 Å². The van der Waals surface area contributed by atoms with Gasteiger partial charge < -0.3 is 9.47 Å². The molecule has 1 spiro atoms. The van der Waals surface area contributed by atoms with E-state index in [0.29, 0.717) is 11.8 Å². The summed E-state index contributed by atoms with van der Waals surface area (Å²) in [6.45, 7) is 0. The van der Waals surface area contributed by atoms with E-state index >= 15 is 0 Å². The number of aromatic nitrogens is 1. The molecular formula is C70H54N2. The lowest BCUT2D eigenvalue weighted by Gasteiger charge is -2.61. The van der Waals surface area contributed by atoms with E-state index in [2.05, 4.69) is 252 Å². The van der Waals surface area contributed by atoms with E-state index in [1.165, 1.54) is 115 Å². The molecule has 4 fully saturated rings. The largest absolute Gasteiger partial charge is 0.310 e. The Morgan fingerprint density at radius 3 is 1.60 bits per heavy atom. The maximum atomic E-state index is 2.65. The Balaban J connectivity index is 0.936. The highest BCUT2D eigenvalue weighted by atomic mass is 15.1. The Morgan fingerprint density at radius 2 is 0.861 bits per heavy atom. The second-order valence-corrected chi connectivity index (χ2v) is 21.2. The molecule has 1 aromatic heterocycles. The molecule has 72 heavy (non-hydrogen) atoms. The molecule has 0 radical (unpaired) electrons. The molecule has 0 atom stereocenters. The minimum Gasteiger partial charge on any atom is -0.310 e. The highest BCUT2D eigenvalue weighted by Gasteiger charge is 2.61. The van der Waals surface area contributed by atoms with Crippen molar-refractivity contribution < 1.29 is 0 Å². The average Bonchev–Trinajstić information content (AvgIpc) is 3.94. The summed E-state index contributed by atoms with van der Waals surface area (Å²) < 4.78 is 2.45. The number of hydrogen-bond donors (Lipinski definition) is 0. The number of hydrogen-bond acceptors (Lipinski definition) is 1. The summed E-state index contributed by atoms with van der Waals surface area (Å²) in [7, 11) is 0. The predicted octanol–water partition coefficient (Wildman–Crippen LogP) is 18.6. The van der Waals surface area contributed by atoms with Gasteiger partial charge in [0.15, 0.2) is 0 Å². The fourth-order valence-corrected chi connectivity index (χ4v) is 15.0. The van der Waals surface area contributed by atoms with Crippen LogP contribution >= 0.6 is 0 Å². The van der Waals surface area contributed by atoms with E-state index in [1.807, 2.05) is 0 Å². The molecule has 344 valence electrons. The number of fused-ring (bicyclic) bond motifs is 6. The molecule has 11 aromatic rings. The smallest absolute Gasteiger partial charge is 0.0619 e. The molecule has 2 heteroatoms. The van der Waals surface area contributed by atoms with Crippen molar-refractivity contribution in [2.24, 2.45) is 23.7 Å². The van der Waals surface area contributed by atoms with Crippen molar-refractivity contribution in [3.8, 4) is 61.3 Å². The lowest BCUT2D eigenvalue weighted by Crippen LogP contribution is -2.55.